The second-order valence-electron chi connectivity index (χ2n) is 9.73. The maximum atomic E-state index is 12.7. The zero-order chi connectivity index (χ0) is 20.7. The maximum absolute atomic E-state index is 12.7. The fourth-order valence-electron chi connectivity index (χ4n) is 3.60. The molecule has 28 heavy (non-hydrogen) atoms. The van der Waals surface area contributed by atoms with Gasteiger partial charge in [0.15, 0.2) is 5.78 Å². The first-order valence-electron chi connectivity index (χ1n) is 9.94. The van der Waals surface area contributed by atoms with Gasteiger partial charge in [-0.1, -0.05) is 71.9 Å². The second-order valence-corrected chi connectivity index (χ2v) is 9.73. The van der Waals surface area contributed by atoms with Gasteiger partial charge in [0, 0.05) is 17.3 Å². The third-order valence-corrected chi connectivity index (χ3v) is 5.26. The predicted octanol–water partition coefficient (Wildman–Crippen LogP) is 6.28. The molecule has 0 radical (unpaired) electrons. The highest BCUT2D eigenvalue weighted by Gasteiger charge is 2.26. The number of nitrogens with one attached hydrogen (secondary N) is 1. The van der Waals surface area contributed by atoms with E-state index in [2.05, 4.69) is 58.7 Å². The highest BCUT2D eigenvalue weighted by molar-refractivity contribution is 5.99. The highest BCUT2D eigenvalue weighted by Crippen LogP contribution is 2.40. The number of para-hydroxylation sites is 1. The summed E-state index contributed by atoms with van der Waals surface area (Å²) in [7, 11) is 0. The molecule has 2 aromatic carbocycles. The molecule has 0 spiro atoms. The highest BCUT2D eigenvalue weighted by atomic mass is 16.3. The van der Waals surface area contributed by atoms with Crippen molar-refractivity contribution in [1.82, 2.24) is 4.98 Å². The van der Waals surface area contributed by atoms with Crippen molar-refractivity contribution in [3.8, 4) is 5.75 Å². The van der Waals surface area contributed by atoms with Gasteiger partial charge in [-0.3, -0.25) is 4.79 Å². The van der Waals surface area contributed by atoms with Crippen molar-refractivity contribution in [2.24, 2.45) is 0 Å². The monoisotopic (exact) mass is 377 g/mol. The van der Waals surface area contributed by atoms with Crippen LogP contribution in [-0.4, -0.2) is 15.9 Å². The Morgan fingerprint density at radius 1 is 0.929 bits per heavy atom. The molecule has 3 heteroatoms. The molecule has 0 bridgehead atoms. The van der Waals surface area contributed by atoms with Crippen LogP contribution < -0.4 is 0 Å². The number of fused-ring (bicyclic) bond motifs is 1. The van der Waals surface area contributed by atoms with Gasteiger partial charge >= 0.3 is 0 Å². The van der Waals surface area contributed by atoms with Gasteiger partial charge in [-0.2, -0.15) is 0 Å². The van der Waals surface area contributed by atoms with Crippen LogP contribution in [0.4, 0.5) is 0 Å². The Balaban J connectivity index is 1.88. The molecule has 0 aliphatic rings. The van der Waals surface area contributed by atoms with Crippen molar-refractivity contribution >= 4 is 16.7 Å². The van der Waals surface area contributed by atoms with Crippen LogP contribution in [0.2, 0.25) is 0 Å². The molecule has 0 fully saturated rings. The summed E-state index contributed by atoms with van der Waals surface area (Å²) < 4.78 is 0. The maximum Gasteiger partial charge on any atom is 0.179 e. The summed E-state index contributed by atoms with van der Waals surface area (Å²) in [4.78, 5) is 16.0. The first kappa shape index (κ1) is 20.2. The average molecular weight is 378 g/mol. The van der Waals surface area contributed by atoms with Gasteiger partial charge < -0.3 is 10.1 Å². The number of ketones is 1. The Labute approximate surface area is 167 Å². The van der Waals surface area contributed by atoms with Crippen molar-refractivity contribution in [1.29, 1.82) is 0 Å². The Morgan fingerprint density at radius 2 is 1.50 bits per heavy atom. The van der Waals surface area contributed by atoms with Crippen LogP contribution in [0.1, 0.15) is 75.1 Å². The van der Waals surface area contributed by atoms with Gasteiger partial charge in [0.1, 0.15) is 5.75 Å². The summed E-state index contributed by atoms with van der Waals surface area (Å²) in [6.45, 7) is 12.6. The quantitative estimate of drug-likeness (QED) is 0.525. The van der Waals surface area contributed by atoms with Crippen LogP contribution in [0.3, 0.4) is 0 Å². The molecule has 0 aliphatic heterocycles. The summed E-state index contributed by atoms with van der Waals surface area (Å²) in [6.07, 6.45) is 1.09. The van der Waals surface area contributed by atoms with Crippen LogP contribution in [-0.2, 0) is 17.3 Å². The summed E-state index contributed by atoms with van der Waals surface area (Å²) >= 11 is 0. The van der Waals surface area contributed by atoms with E-state index in [9.17, 15) is 9.90 Å². The third-order valence-electron chi connectivity index (χ3n) is 5.26. The number of aryl methyl sites for hydroxylation is 1. The number of phenols is 1. The summed E-state index contributed by atoms with van der Waals surface area (Å²) in [6, 6.07) is 14.0. The Kier molecular flexibility index (Phi) is 5.14. The lowest BCUT2D eigenvalue weighted by Crippen LogP contribution is -2.18. The molecule has 0 aliphatic carbocycles. The number of rotatable bonds is 4. The summed E-state index contributed by atoms with van der Waals surface area (Å²) in [5.74, 6) is 0.490. The van der Waals surface area contributed by atoms with Crippen LogP contribution in [0.25, 0.3) is 10.9 Å². The number of hydrogen-bond donors (Lipinski definition) is 2. The van der Waals surface area contributed by atoms with E-state index in [0.717, 1.165) is 27.6 Å². The first-order chi connectivity index (χ1) is 13.0. The van der Waals surface area contributed by atoms with Gasteiger partial charge in [0.2, 0.25) is 0 Å². The van der Waals surface area contributed by atoms with Crippen LogP contribution in [0.15, 0.2) is 42.5 Å². The van der Waals surface area contributed by atoms with E-state index in [-0.39, 0.29) is 16.6 Å². The number of aromatic nitrogens is 1. The minimum Gasteiger partial charge on any atom is -0.507 e. The number of Topliss-reactive ketones (excluding diaryl/α,β-unsaturated/α-hetero) is 1. The second kappa shape index (κ2) is 7.12. The van der Waals surface area contributed by atoms with E-state index in [1.54, 1.807) is 0 Å². The van der Waals surface area contributed by atoms with E-state index in [4.69, 9.17) is 0 Å². The number of hydrogen-bond acceptors (Lipinski definition) is 2. The van der Waals surface area contributed by atoms with Crippen molar-refractivity contribution in [2.75, 3.05) is 0 Å². The minimum atomic E-state index is -0.165. The largest absolute Gasteiger partial charge is 0.507 e. The van der Waals surface area contributed by atoms with Crippen molar-refractivity contribution < 1.29 is 9.90 Å². The normalized spacial score (nSPS) is 12.5. The third kappa shape index (κ3) is 4.14. The molecule has 0 saturated carbocycles. The van der Waals surface area contributed by atoms with Crippen molar-refractivity contribution in [2.45, 2.75) is 65.2 Å². The van der Waals surface area contributed by atoms with Crippen LogP contribution >= 0.6 is 0 Å². The number of phenolic OH excluding ortho intramolecular Hbond substituents is 1. The number of aromatic amines is 1. The summed E-state index contributed by atoms with van der Waals surface area (Å²) in [5, 5.41) is 11.9. The van der Waals surface area contributed by atoms with E-state index < -0.39 is 0 Å². The lowest BCUT2D eigenvalue weighted by atomic mass is 9.78. The minimum absolute atomic E-state index is 0.110. The zero-order valence-electron chi connectivity index (χ0n) is 17.8. The smallest absolute Gasteiger partial charge is 0.179 e. The fraction of sp³-hybridized carbons (Fsp3) is 0.400. The molecule has 0 unspecified atom stereocenters. The number of H-pyrrole nitrogens is 1. The van der Waals surface area contributed by atoms with Gasteiger partial charge in [-0.05, 0) is 46.1 Å². The standard InChI is InChI=1S/C25H31NO2/c1-24(2,3)18-13-16(14-19(23(18)28)25(4,5)6)11-12-22(27)21-15-17-9-7-8-10-20(17)26-21/h7-10,13-15,26,28H,11-12H2,1-6H3. The molecule has 0 saturated heterocycles. The van der Waals surface area contributed by atoms with E-state index >= 15 is 0 Å². The Morgan fingerprint density at radius 3 is 2.04 bits per heavy atom. The summed E-state index contributed by atoms with van der Waals surface area (Å²) in [5.41, 5.74) is 4.29. The zero-order valence-corrected chi connectivity index (χ0v) is 17.8. The molecular weight excluding hydrogens is 346 g/mol. The van der Waals surface area contributed by atoms with Crippen LogP contribution in [0, 0.1) is 0 Å². The van der Waals surface area contributed by atoms with E-state index in [1.807, 2.05) is 30.3 Å². The van der Waals surface area contributed by atoms with E-state index in [1.165, 1.54) is 0 Å². The molecule has 3 rings (SSSR count). The molecule has 148 valence electrons. The van der Waals surface area contributed by atoms with Crippen molar-refractivity contribution in [3.05, 3.63) is 64.8 Å². The van der Waals surface area contributed by atoms with Gasteiger partial charge in [0.25, 0.3) is 0 Å². The van der Waals surface area contributed by atoms with Crippen molar-refractivity contribution in [3.63, 3.8) is 0 Å². The SMILES string of the molecule is CC(C)(C)c1cc(CCC(=O)c2cc3ccccc3[nH]2)cc(C(C)(C)C)c1O. The number of carbonyl (C=O) groups excluding carboxylic acids is 1. The number of aromatic hydroxyl groups is 1. The molecule has 3 nitrogen and oxygen atoms in total. The Hall–Kier alpha value is -2.55. The molecule has 1 heterocycles. The van der Waals surface area contributed by atoms with E-state index in [0.29, 0.717) is 24.3 Å². The van der Waals surface area contributed by atoms with Gasteiger partial charge in [-0.15, -0.1) is 0 Å². The molecule has 1 aromatic heterocycles. The topological polar surface area (TPSA) is 53.1 Å². The van der Waals surface area contributed by atoms with Gasteiger partial charge in [-0.25, -0.2) is 0 Å². The Bertz CT molecular complexity index is 945. The molecule has 0 amide bonds. The average Bonchev–Trinajstić information content (AvgIpc) is 3.02. The molecule has 2 N–H and O–H groups in total. The molecule has 3 aromatic rings. The number of benzene rings is 2. The number of carbonyl (C=O) groups is 1. The fourth-order valence-corrected chi connectivity index (χ4v) is 3.60. The lowest BCUT2D eigenvalue weighted by molar-refractivity contribution is 0.0979. The predicted molar refractivity (Wildman–Crippen MR) is 116 cm³/mol. The first-order valence-corrected chi connectivity index (χ1v) is 9.94. The van der Waals surface area contributed by atoms with Crippen LogP contribution in [0.5, 0.6) is 5.75 Å². The lowest BCUT2D eigenvalue weighted by Gasteiger charge is -2.28. The molecule has 0 atom stereocenters. The molecular formula is C25H31NO2. The van der Waals surface area contributed by atoms with Gasteiger partial charge in [0.05, 0.1) is 5.69 Å².